The fourth-order valence-electron chi connectivity index (χ4n) is 1.67. The Bertz CT molecular complexity index is 306. The number of aryl methyl sites for hydroxylation is 1. The van der Waals surface area contributed by atoms with Crippen molar-refractivity contribution in [3.63, 3.8) is 0 Å². The number of aliphatic carboxylic acids is 1. The average Bonchev–Trinajstić information content (AvgIpc) is 2.42. The van der Waals surface area contributed by atoms with E-state index in [-0.39, 0.29) is 5.92 Å². The van der Waals surface area contributed by atoms with E-state index in [1.165, 1.54) is 0 Å². The lowest BCUT2D eigenvalue weighted by Gasteiger charge is -2.00. The van der Waals surface area contributed by atoms with Crippen LogP contribution in [0.2, 0.25) is 0 Å². The summed E-state index contributed by atoms with van der Waals surface area (Å²) in [5.41, 5.74) is 2.04. The van der Waals surface area contributed by atoms with E-state index in [9.17, 15) is 4.79 Å². The highest BCUT2D eigenvalue weighted by atomic mass is 16.4. The van der Waals surface area contributed by atoms with Gasteiger partial charge in [-0.2, -0.15) is 5.10 Å². The number of nitrogens with zero attached hydrogens (tertiary/aromatic N) is 2. The first-order valence-corrected chi connectivity index (χ1v) is 3.91. The first kappa shape index (κ1) is 7.34. The average molecular weight is 166 g/mol. The van der Waals surface area contributed by atoms with Gasteiger partial charge in [0.15, 0.2) is 0 Å². The maximum absolute atomic E-state index is 10.6. The smallest absolute Gasteiger partial charge is 0.307 e. The lowest BCUT2D eigenvalue weighted by molar-refractivity contribution is -0.141. The highest BCUT2D eigenvalue weighted by molar-refractivity contribution is 5.71. The highest BCUT2D eigenvalue weighted by Crippen LogP contribution is 2.25. The van der Waals surface area contributed by atoms with Crippen molar-refractivity contribution in [1.29, 1.82) is 0 Å². The van der Waals surface area contributed by atoms with Crippen molar-refractivity contribution in [3.8, 4) is 0 Å². The van der Waals surface area contributed by atoms with E-state index in [4.69, 9.17) is 5.11 Å². The number of carboxylic acid groups (broad SMARTS) is 1. The monoisotopic (exact) mass is 166 g/mol. The van der Waals surface area contributed by atoms with Crippen LogP contribution in [0.3, 0.4) is 0 Å². The van der Waals surface area contributed by atoms with Crippen LogP contribution in [0, 0.1) is 5.92 Å². The number of hydrogen-bond donors (Lipinski definition) is 1. The van der Waals surface area contributed by atoms with Crippen LogP contribution in [0.4, 0.5) is 0 Å². The Morgan fingerprint density at radius 2 is 2.50 bits per heavy atom. The number of aromatic nitrogens is 2. The first-order valence-electron chi connectivity index (χ1n) is 3.91. The Morgan fingerprint density at radius 1 is 1.75 bits per heavy atom. The molecule has 0 aromatic carbocycles. The number of carbonyl (C=O) groups is 1. The maximum atomic E-state index is 10.6. The zero-order valence-electron chi connectivity index (χ0n) is 6.82. The van der Waals surface area contributed by atoms with E-state index in [1.807, 2.05) is 13.2 Å². The zero-order valence-corrected chi connectivity index (χ0v) is 6.82. The quantitative estimate of drug-likeness (QED) is 0.649. The molecule has 0 bridgehead atoms. The molecule has 64 valence electrons. The summed E-state index contributed by atoms with van der Waals surface area (Å²) >= 11 is 0. The number of fused-ring (bicyclic) bond motifs is 1. The molecule has 0 saturated heterocycles. The van der Waals surface area contributed by atoms with E-state index in [0.29, 0.717) is 12.8 Å². The fraction of sp³-hybridized carbons (Fsp3) is 0.500. The standard InChI is InChI=1S/C8H10N2O2/c1-10-4-6-2-5(8(11)12)3-7(6)9-10/h4-5H,2-3H2,1H3,(H,11,12)/t5-/m1/s1. The molecule has 1 heterocycles. The summed E-state index contributed by atoms with van der Waals surface area (Å²) in [6.07, 6.45) is 3.13. The molecule has 2 rings (SSSR count). The number of hydrogen-bond acceptors (Lipinski definition) is 2. The predicted molar refractivity (Wildman–Crippen MR) is 41.7 cm³/mol. The summed E-state index contributed by atoms with van der Waals surface area (Å²) in [5, 5.41) is 12.9. The van der Waals surface area contributed by atoms with Crippen molar-refractivity contribution in [2.24, 2.45) is 13.0 Å². The van der Waals surface area contributed by atoms with Gasteiger partial charge < -0.3 is 5.11 Å². The summed E-state index contributed by atoms with van der Waals surface area (Å²) in [4.78, 5) is 10.6. The Hall–Kier alpha value is -1.32. The van der Waals surface area contributed by atoms with Crippen molar-refractivity contribution < 1.29 is 9.90 Å². The van der Waals surface area contributed by atoms with Gasteiger partial charge in [0.25, 0.3) is 0 Å². The fourth-order valence-corrected chi connectivity index (χ4v) is 1.67. The van der Waals surface area contributed by atoms with Crippen LogP contribution in [0.1, 0.15) is 11.3 Å². The van der Waals surface area contributed by atoms with Gasteiger partial charge in [0.05, 0.1) is 11.6 Å². The Balaban J connectivity index is 2.24. The molecule has 4 heteroatoms. The van der Waals surface area contributed by atoms with Crippen molar-refractivity contribution >= 4 is 5.97 Å². The molecule has 0 radical (unpaired) electrons. The first-order chi connectivity index (χ1) is 5.66. The molecule has 0 amide bonds. The van der Waals surface area contributed by atoms with Gasteiger partial charge in [0.2, 0.25) is 0 Å². The van der Waals surface area contributed by atoms with Gasteiger partial charge in [-0.15, -0.1) is 0 Å². The molecular weight excluding hydrogens is 156 g/mol. The third-order valence-corrected chi connectivity index (χ3v) is 2.25. The number of rotatable bonds is 1. The summed E-state index contributed by atoms with van der Waals surface area (Å²) in [7, 11) is 1.86. The van der Waals surface area contributed by atoms with Crippen molar-refractivity contribution in [2.45, 2.75) is 12.8 Å². The van der Waals surface area contributed by atoms with Gasteiger partial charge >= 0.3 is 5.97 Å². The van der Waals surface area contributed by atoms with E-state index in [0.717, 1.165) is 11.3 Å². The van der Waals surface area contributed by atoms with Crippen LogP contribution in [0.15, 0.2) is 6.20 Å². The van der Waals surface area contributed by atoms with Gasteiger partial charge in [-0.25, -0.2) is 0 Å². The summed E-state index contributed by atoms with van der Waals surface area (Å²) < 4.78 is 1.74. The van der Waals surface area contributed by atoms with Gasteiger partial charge in [0, 0.05) is 19.7 Å². The van der Waals surface area contributed by atoms with Crippen LogP contribution < -0.4 is 0 Å². The number of carboxylic acids is 1. The minimum Gasteiger partial charge on any atom is -0.481 e. The van der Waals surface area contributed by atoms with Gasteiger partial charge in [-0.1, -0.05) is 0 Å². The second-order valence-electron chi connectivity index (χ2n) is 3.22. The highest BCUT2D eigenvalue weighted by Gasteiger charge is 2.29. The molecule has 4 nitrogen and oxygen atoms in total. The zero-order chi connectivity index (χ0) is 8.72. The molecule has 1 atom stereocenters. The van der Waals surface area contributed by atoms with E-state index >= 15 is 0 Å². The minimum atomic E-state index is -0.712. The molecule has 1 aliphatic carbocycles. The Morgan fingerprint density at radius 3 is 3.08 bits per heavy atom. The van der Waals surface area contributed by atoms with Crippen LogP contribution in [-0.4, -0.2) is 20.9 Å². The van der Waals surface area contributed by atoms with Gasteiger partial charge in [-0.05, 0) is 12.0 Å². The molecule has 12 heavy (non-hydrogen) atoms. The van der Waals surface area contributed by atoms with Crippen molar-refractivity contribution in [3.05, 3.63) is 17.5 Å². The summed E-state index contributed by atoms with van der Waals surface area (Å²) in [6.45, 7) is 0. The lowest BCUT2D eigenvalue weighted by Crippen LogP contribution is -2.14. The SMILES string of the molecule is Cn1cc2c(n1)C[C@H](C(=O)O)C2. The molecule has 0 fully saturated rings. The lowest BCUT2D eigenvalue weighted by atomic mass is 10.1. The van der Waals surface area contributed by atoms with Crippen LogP contribution in [0.5, 0.6) is 0 Å². The van der Waals surface area contributed by atoms with Crippen molar-refractivity contribution in [1.82, 2.24) is 9.78 Å². The Kier molecular flexibility index (Phi) is 1.43. The minimum absolute atomic E-state index is 0.247. The Labute approximate surface area is 69.8 Å². The van der Waals surface area contributed by atoms with Crippen LogP contribution in [0.25, 0.3) is 0 Å². The van der Waals surface area contributed by atoms with Crippen LogP contribution >= 0.6 is 0 Å². The third-order valence-electron chi connectivity index (χ3n) is 2.25. The van der Waals surface area contributed by atoms with Crippen LogP contribution in [-0.2, 0) is 24.7 Å². The molecule has 1 aromatic rings. The molecule has 0 spiro atoms. The van der Waals surface area contributed by atoms with Gasteiger partial charge in [0.1, 0.15) is 0 Å². The maximum Gasteiger partial charge on any atom is 0.307 e. The molecule has 0 unspecified atom stereocenters. The normalized spacial score (nSPS) is 20.9. The molecule has 1 N–H and O–H groups in total. The largest absolute Gasteiger partial charge is 0.481 e. The topological polar surface area (TPSA) is 55.1 Å². The molecule has 0 saturated carbocycles. The second kappa shape index (κ2) is 2.33. The van der Waals surface area contributed by atoms with E-state index in [1.54, 1.807) is 4.68 Å². The van der Waals surface area contributed by atoms with Crippen molar-refractivity contribution in [2.75, 3.05) is 0 Å². The third kappa shape index (κ3) is 0.995. The van der Waals surface area contributed by atoms with E-state index in [2.05, 4.69) is 5.10 Å². The molecule has 1 aliphatic rings. The summed E-state index contributed by atoms with van der Waals surface area (Å²) in [6, 6.07) is 0. The molecular formula is C8H10N2O2. The van der Waals surface area contributed by atoms with Gasteiger partial charge in [-0.3, -0.25) is 9.48 Å². The molecule has 0 aliphatic heterocycles. The second-order valence-corrected chi connectivity index (χ2v) is 3.22. The predicted octanol–water partition coefficient (Wildman–Crippen LogP) is 0.219. The summed E-state index contributed by atoms with van der Waals surface area (Å²) in [5.74, 6) is -0.959. The molecule has 1 aromatic heterocycles. The van der Waals surface area contributed by atoms with E-state index < -0.39 is 5.97 Å².